The van der Waals surface area contributed by atoms with Crippen LogP contribution in [0.2, 0.25) is 0 Å². The van der Waals surface area contributed by atoms with E-state index in [0.29, 0.717) is 5.75 Å². The van der Waals surface area contributed by atoms with Crippen molar-refractivity contribution in [2.75, 3.05) is 7.11 Å². The Morgan fingerprint density at radius 1 is 1.06 bits per heavy atom. The first kappa shape index (κ1) is 19.0. The van der Waals surface area contributed by atoms with E-state index in [1.807, 2.05) is 60.9 Å². The standard InChI is InChI=1S/C21H23N9O/c1-13-17(14(2)25-24-13)5-6-29-12-19(26-27-29)18-9-23-30-11-15(7-20(31-4)21(18)30)16-8-22-28(3)10-16/h7-12H,5-6H2,1-4H3,(H,24,25). The number of hydrogen-bond donors (Lipinski definition) is 1. The number of aromatic nitrogens is 9. The second-order valence-corrected chi connectivity index (χ2v) is 7.58. The number of nitrogens with zero attached hydrogens (tertiary/aromatic N) is 8. The highest BCUT2D eigenvalue weighted by Gasteiger charge is 2.17. The molecule has 1 N–H and O–H groups in total. The van der Waals surface area contributed by atoms with Gasteiger partial charge in [0.1, 0.15) is 17.0 Å². The lowest BCUT2D eigenvalue weighted by molar-refractivity contribution is 0.418. The van der Waals surface area contributed by atoms with Crippen molar-refractivity contribution in [3.05, 3.63) is 54.0 Å². The zero-order valence-electron chi connectivity index (χ0n) is 17.9. The molecular weight excluding hydrogens is 394 g/mol. The van der Waals surface area contributed by atoms with Gasteiger partial charge in [-0.2, -0.15) is 15.3 Å². The maximum atomic E-state index is 5.69. The van der Waals surface area contributed by atoms with Crippen LogP contribution in [0.4, 0.5) is 0 Å². The summed E-state index contributed by atoms with van der Waals surface area (Å²) >= 11 is 0. The number of fused-ring (bicyclic) bond motifs is 1. The molecule has 10 heteroatoms. The molecule has 0 bridgehead atoms. The molecule has 5 aromatic heterocycles. The van der Waals surface area contributed by atoms with Crippen LogP contribution < -0.4 is 4.74 Å². The Bertz CT molecular complexity index is 1350. The highest BCUT2D eigenvalue weighted by Crippen LogP contribution is 2.33. The van der Waals surface area contributed by atoms with Crippen molar-refractivity contribution in [2.45, 2.75) is 26.8 Å². The lowest BCUT2D eigenvalue weighted by atomic mass is 10.1. The number of ether oxygens (including phenoxy) is 1. The zero-order valence-corrected chi connectivity index (χ0v) is 17.9. The number of H-pyrrole nitrogens is 1. The summed E-state index contributed by atoms with van der Waals surface area (Å²) in [4.78, 5) is 0. The van der Waals surface area contributed by atoms with Crippen molar-refractivity contribution in [3.8, 4) is 28.1 Å². The number of hydrogen-bond acceptors (Lipinski definition) is 6. The summed E-state index contributed by atoms with van der Waals surface area (Å²) in [5, 5.41) is 24.8. The molecule has 5 heterocycles. The summed E-state index contributed by atoms with van der Waals surface area (Å²) in [5.74, 6) is 0.716. The van der Waals surface area contributed by atoms with Crippen LogP contribution in [0, 0.1) is 13.8 Å². The second-order valence-electron chi connectivity index (χ2n) is 7.58. The van der Waals surface area contributed by atoms with E-state index >= 15 is 0 Å². The van der Waals surface area contributed by atoms with Crippen LogP contribution in [-0.2, 0) is 20.0 Å². The topological polar surface area (TPSA) is 104 Å². The van der Waals surface area contributed by atoms with Crippen LogP contribution in [-0.4, -0.2) is 51.7 Å². The molecule has 0 unspecified atom stereocenters. The van der Waals surface area contributed by atoms with Gasteiger partial charge in [-0.05, 0) is 31.9 Å². The van der Waals surface area contributed by atoms with E-state index in [0.717, 1.165) is 52.3 Å². The molecule has 5 rings (SSSR count). The normalized spacial score (nSPS) is 11.5. The van der Waals surface area contributed by atoms with E-state index in [9.17, 15) is 0 Å². The van der Waals surface area contributed by atoms with E-state index in [1.54, 1.807) is 18.0 Å². The smallest absolute Gasteiger partial charge is 0.145 e. The molecule has 0 amide bonds. The molecule has 5 aromatic rings. The van der Waals surface area contributed by atoms with Gasteiger partial charge in [-0.1, -0.05) is 5.21 Å². The molecule has 10 nitrogen and oxygen atoms in total. The van der Waals surface area contributed by atoms with Crippen LogP contribution in [0.25, 0.3) is 27.9 Å². The monoisotopic (exact) mass is 417 g/mol. The van der Waals surface area contributed by atoms with Crippen molar-refractivity contribution in [1.29, 1.82) is 0 Å². The maximum Gasteiger partial charge on any atom is 0.145 e. The van der Waals surface area contributed by atoms with E-state index < -0.39 is 0 Å². The lowest BCUT2D eigenvalue weighted by Crippen LogP contribution is -2.03. The average Bonchev–Trinajstić information content (AvgIpc) is 3.54. The number of aromatic amines is 1. The van der Waals surface area contributed by atoms with Crippen LogP contribution in [0.5, 0.6) is 5.75 Å². The minimum Gasteiger partial charge on any atom is -0.494 e. The minimum absolute atomic E-state index is 0.716. The van der Waals surface area contributed by atoms with Gasteiger partial charge in [-0.3, -0.25) is 14.5 Å². The molecule has 31 heavy (non-hydrogen) atoms. The summed E-state index contributed by atoms with van der Waals surface area (Å²) in [6.07, 6.45) is 10.3. The van der Waals surface area contributed by atoms with Crippen molar-refractivity contribution in [1.82, 2.24) is 44.6 Å². The first-order valence-corrected chi connectivity index (χ1v) is 9.99. The summed E-state index contributed by atoms with van der Waals surface area (Å²) in [6.45, 7) is 4.76. The average molecular weight is 417 g/mol. The van der Waals surface area contributed by atoms with Crippen molar-refractivity contribution in [3.63, 3.8) is 0 Å². The van der Waals surface area contributed by atoms with E-state index in [4.69, 9.17) is 4.74 Å². The molecule has 0 saturated heterocycles. The summed E-state index contributed by atoms with van der Waals surface area (Å²) in [7, 11) is 3.55. The van der Waals surface area contributed by atoms with Crippen molar-refractivity contribution in [2.24, 2.45) is 7.05 Å². The number of aryl methyl sites for hydroxylation is 4. The first-order chi connectivity index (χ1) is 15.0. The summed E-state index contributed by atoms with van der Waals surface area (Å²) in [6, 6.07) is 1.99. The van der Waals surface area contributed by atoms with Gasteiger partial charge in [0, 0.05) is 42.8 Å². The Hall–Kier alpha value is -3.95. The van der Waals surface area contributed by atoms with Gasteiger partial charge in [0.05, 0.1) is 37.0 Å². The molecule has 0 saturated carbocycles. The number of rotatable bonds is 6. The molecule has 0 fully saturated rings. The van der Waals surface area contributed by atoms with Gasteiger partial charge in [-0.25, -0.2) is 4.52 Å². The van der Waals surface area contributed by atoms with Gasteiger partial charge in [0.25, 0.3) is 0 Å². The molecule has 0 aliphatic carbocycles. The Morgan fingerprint density at radius 2 is 1.94 bits per heavy atom. The number of methoxy groups -OCH3 is 1. The molecule has 0 aliphatic heterocycles. The van der Waals surface area contributed by atoms with Crippen LogP contribution in [0.3, 0.4) is 0 Å². The highest BCUT2D eigenvalue weighted by atomic mass is 16.5. The largest absolute Gasteiger partial charge is 0.494 e. The molecule has 0 spiro atoms. The van der Waals surface area contributed by atoms with E-state index in [2.05, 4.69) is 30.7 Å². The third-order valence-electron chi connectivity index (χ3n) is 5.52. The Labute approximate surface area is 178 Å². The maximum absolute atomic E-state index is 5.69. The summed E-state index contributed by atoms with van der Waals surface area (Å²) < 4.78 is 11.1. The number of pyridine rings is 1. The number of nitrogens with one attached hydrogen (secondary N) is 1. The van der Waals surface area contributed by atoms with E-state index in [-0.39, 0.29) is 0 Å². The van der Waals surface area contributed by atoms with E-state index in [1.165, 1.54) is 5.56 Å². The second kappa shape index (κ2) is 7.38. The van der Waals surface area contributed by atoms with Crippen LogP contribution in [0.1, 0.15) is 17.0 Å². The van der Waals surface area contributed by atoms with Gasteiger partial charge < -0.3 is 4.74 Å². The third kappa shape index (κ3) is 3.35. The quantitative estimate of drug-likeness (QED) is 0.455. The Kier molecular flexibility index (Phi) is 4.54. The predicted octanol–water partition coefficient (Wildman–Crippen LogP) is 2.58. The van der Waals surface area contributed by atoms with Gasteiger partial charge in [0.2, 0.25) is 0 Å². The SMILES string of the molecule is COc1cc(-c2cnn(C)c2)cn2ncc(-c3cn(CCc4c(C)n[nH]c4C)nn3)c12. The molecule has 0 radical (unpaired) electrons. The molecule has 158 valence electrons. The van der Waals surface area contributed by atoms with Crippen molar-refractivity contribution < 1.29 is 4.74 Å². The first-order valence-electron chi connectivity index (χ1n) is 9.99. The summed E-state index contributed by atoms with van der Waals surface area (Å²) in [5.41, 5.74) is 7.78. The fourth-order valence-electron chi connectivity index (χ4n) is 3.86. The predicted molar refractivity (Wildman–Crippen MR) is 115 cm³/mol. The molecule has 0 aromatic carbocycles. The minimum atomic E-state index is 0.716. The lowest BCUT2D eigenvalue weighted by Gasteiger charge is -2.07. The Balaban J connectivity index is 1.47. The Morgan fingerprint density at radius 3 is 2.65 bits per heavy atom. The van der Waals surface area contributed by atoms with Crippen molar-refractivity contribution >= 4 is 5.52 Å². The van der Waals surface area contributed by atoms with Gasteiger partial charge >= 0.3 is 0 Å². The fraction of sp³-hybridized carbons (Fsp3) is 0.286. The fourth-order valence-corrected chi connectivity index (χ4v) is 3.86. The highest BCUT2D eigenvalue weighted by molar-refractivity contribution is 5.84. The van der Waals surface area contributed by atoms with Crippen LogP contribution in [0.15, 0.2) is 37.1 Å². The zero-order chi connectivity index (χ0) is 21.5. The molecule has 0 atom stereocenters. The molecular formula is C21H23N9O. The van der Waals surface area contributed by atoms with Gasteiger partial charge in [0.15, 0.2) is 0 Å². The molecule has 0 aliphatic rings. The third-order valence-corrected chi connectivity index (χ3v) is 5.52. The van der Waals surface area contributed by atoms with Crippen LogP contribution >= 0.6 is 0 Å². The van der Waals surface area contributed by atoms with Gasteiger partial charge in [-0.15, -0.1) is 5.10 Å².